The normalized spacial score (nSPS) is 14.7. The van der Waals surface area contributed by atoms with Crippen molar-refractivity contribution >= 4 is 11.7 Å². The lowest BCUT2D eigenvalue weighted by Gasteiger charge is -2.38. The third kappa shape index (κ3) is 4.96. The van der Waals surface area contributed by atoms with Gasteiger partial charge in [-0.15, -0.1) is 0 Å². The molecule has 0 unspecified atom stereocenters. The zero-order valence-corrected chi connectivity index (χ0v) is 20.3. The molecule has 0 spiro atoms. The Bertz CT molecular complexity index is 1220. The van der Waals surface area contributed by atoms with E-state index < -0.39 is 5.82 Å². The second kappa shape index (κ2) is 10.5. The monoisotopic (exact) mass is 480 g/mol. The van der Waals surface area contributed by atoms with Crippen molar-refractivity contribution in [2.45, 2.75) is 18.9 Å². The second-order valence-electron chi connectivity index (χ2n) is 8.17. The molecule has 1 heterocycles. The second-order valence-corrected chi connectivity index (χ2v) is 8.17. The van der Waals surface area contributed by atoms with Gasteiger partial charge < -0.3 is 29.2 Å². The third-order valence-corrected chi connectivity index (χ3v) is 6.26. The first-order valence-corrected chi connectivity index (χ1v) is 11.3. The Kier molecular flexibility index (Phi) is 7.29. The van der Waals surface area contributed by atoms with Crippen LogP contribution in [0.1, 0.15) is 22.7 Å². The highest BCUT2D eigenvalue weighted by molar-refractivity contribution is 5.90. The van der Waals surface area contributed by atoms with Gasteiger partial charge in [0.1, 0.15) is 5.82 Å². The van der Waals surface area contributed by atoms with Gasteiger partial charge in [-0.05, 0) is 65.9 Å². The van der Waals surface area contributed by atoms with Crippen LogP contribution in [0.2, 0.25) is 0 Å². The summed E-state index contributed by atoms with van der Waals surface area (Å²) in [5.41, 5.74) is 3.12. The number of anilines is 1. The molecular weight excluding hydrogens is 451 g/mol. The van der Waals surface area contributed by atoms with Crippen LogP contribution in [-0.4, -0.2) is 45.9 Å². The number of rotatable bonds is 7. The van der Waals surface area contributed by atoms with Crippen molar-refractivity contribution in [3.8, 4) is 23.0 Å². The van der Waals surface area contributed by atoms with E-state index in [0.29, 0.717) is 42.4 Å². The van der Waals surface area contributed by atoms with Crippen LogP contribution < -0.4 is 24.3 Å². The summed E-state index contributed by atoms with van der Waals surface area (Å²) in [5, 5.41) is 2.73. The summed E-state index contributed by atoms with van der Waals surface area (Å²) in [6.07, 6.45) is 1.14. The Morgan fingerprint density at radius 2 is 1.57 bits per heavy atom. The predicted octanol–water partition coefficient (Wildman–Crippen LogP) is 5.23. The predicted molar refractivity (Wildman–Crippen MR) is 131 cm³/mol. The quantitative estimate of drug-likeness (QED) is 0.501. The molecule has 3 aromatic carbocycles. The first kappa shape index (κ1) is 24.2. The number of urea groups is 1. The van der Waals surface area contributed by atoms with Crippen molar-refractivity contribution in [3.05, 3.63) is 77.1 Å². The van der Waals surface area contributed by atoms with Crippen LogP contribution in [0.3, 0.4) is 0 Å². The van der Waals surface area contributed by atoms with Crippen molar-refractivity contribution in [2.75, 3.05) is 40.3 Å². The Morgan fingerprint density at radius 1 is 0.914 bits per heavy atom. The fourth-order valence-corrected chi connectivity index (χ4v) is 4.47. The van der Waals surface area contributed by atoms with Crippen LogP contribution in [0, 0.1) is 5.82 Å². The summed E-state index contributed by atoms with van der Waals surface area (Å²) < 4.78 is 36.1. The number of nitrogens with one attached hydrogen (secondary N) is 1. The molecule has 1 N–H and O–H groups in total. The molecule has 8 heteroatoms. The van der Waals surface area contributed by atoms with E-state index in [2.05, 4.69) is 5.32 Å². The Labute approximate surface area is 204 Å². The number of benzene rings is 3. The fourth-order valence-electron chi connectivity index (χ4n) is 4.47. The van der Waals surface area contributed by atoms with Gasteiger partial charge in [-0.25, -0.2) is 9.18 Å². The standard InChI is InChI=1S/C27H29FN2O5/c1-32-23-10-9-17(14-24(23)33-2)13-22-19-16-26(35-4)25(34-3)15-18(19)11-12-30(22)27(31)29-21-8-6-5-7-20(21)28/h5-10,14-16,22H,11-13H2,1-4H3,(H,29,31)/t22-/m0/s1. The van der Waals surface area contributed by atoms with Gasteiger partial charge in [-0.3, -0.25) is 0 Å². The minimum atomic E-state index is -0.485. The molecule has 1 aliphatic rings. The molecule has 0 saturated carbocycles. The lowest BCUT2D eigenvalue weighted by molar-refractivity contribution is 0.181. The highest BCUT2D eigenvalue weighted by Gasteiger charge is 2.33. The molecule has 0 fully saturated rings. The van der Waals surface area contributed by atoms with Gasteiger partial charge in [0.2, 0.25) is 0 Å². The van der Waals surface area contributed by atoms with E-state index in [-0.39, 0.29) is 17.8 Å². The largest absolute Gasteiger partial charge is 0.493 e. The summed E-state index contributed by atoms with van der Waals surface area (Å²) in [5.74, 6) is 1.97. The van der Waals surface area contributed by atoms with E-state index in [9.17, 15) is 9.18 Å². The molecule has 7 nitrogen and oxygen atoms in total. The number of fused-ring (bicyclic) bond motifs is 1. The minimum Gasteiger partial charge on any atom is -0.493 e. The molecule has 0 radical (unpaired) electrons. The van der Waals surface area contributed by atoms with Gasteiger partial charge in [0.05, 0.1) is 40.2 Å². The maximum atomic E-state index is 14.2. The number of methoxy groups -OCH3 is 4. The first-order valence-electron chi connectivity index (χ1n) is 11.3. The molecule has 4 rings (SSSR count). The van der Waals surface area contributed by atoms with E-state index >= 15 is 0 Å². The van der Waals surface area contributed by atoms with Crippen LogP contribution in [0.25, 0.3) is 0 Å². The van der Waals surface area contributed by atoms with Gasteiger partial charge in [-0.2, -0.15) is 0 Å². The van der Waals surface area contributed by atoms with E-state index in [0.717, 1.165) is 16.7 Å². The molecule has 0 bridgehead atoms. The molecule has 2 amide bonds. The van der Waals surface area contributed by atoms with Crippen molar-refractivity contribution < 1.29 is 28.1 Å². The number of amides is 2. The number of hydrogen-bond acceptors (Lipinski definition) is 5. The molecule has 3 aromatic rings. The Balaban J connectivity index is 1.73. The zero-order valence-electron chi connectivity index (χ0n) is 20.3. The summed E-state index contributed by atoms with van der Waals surface area (Å²) in [6.45, 7) is 0.459. The van der Waals surface area contributed by atoms with Gasteiger partial charge in [0.25, 0.3) is 0 Å². The number of ether oxygens (including phenoxy) is 4. The topological polar surface area (TPSA) is 69.3 Å². The summed E-state index contributed by atoms with van der Waals surface area (Å²) >= 11 is 0. The first-order chi connectivity index (χ1) is 17.0. The Morgan fingerprint density at radius 3 is 2.26 bits per heavy atom. The number of para-hydroxylation sites is 1. The Hall–Kier alpha value is -3.94. The molecule has 0 saturated heterocycles. The smallest absolute Gasteiger partial charge is 0.322 e. The summed E-state index contributed by atoms with van der Waals surface area (Å²) in [7, 11) is 6.35. The highest BCUT2D eigenvalue weighted by Crippen LogP contribution is 2.40. The van der Waals surface area contributed by atoms with Crippen LogP contribution >= 0.6 is 0 Å². The number of nitrogens with zero attached hydrogens (tertiary/aromatic N) is 1. The lowest BCUT2D eigenvalue weighted by Crippen LogP contribution is -2.43. The van der Waals surface area contributed by atoms with Crippen LogP contribution in [0.5, 0.6) is 23.0 Å². The van der Waals surface area contributed by atoms with Crippen molar-refractivity contribution in [1.29, 1.82) is 0 Å². The molecule has 35 heavy (non-hydrogen) atoms. The SMILES string of the molecule is COc1ccc(C[C@H]2c3cc(OC)c(OC)cc3CCN2C(=O)Nc2ccccc2F)cc1OC. The van der Waals surface area contributed by atoms with Crippen LogP contribution in [-0.2, 0) is 12.8 Å². The minimum absolute atomic E-state index is 0.139. The van der Waals surface area contributed by atoms with E-state index in [1.165, 1.54) is 6.07 Å². The van der Waals surface area contributed by atoms with E-state index in [4.69, 9.17) is 18.9 Å². The molecule has 1 aliphatic heterocycles. The van der Waals surface area contributed by atoms with Crippen LogP contribution in [0.4, 0.5) is 14.9 Å². The van der Waals surface area contributed by atoms with E-state index in [1.807, 2.05) is 30.3 Å². The molecule has 0 aromatic heterocycles. The maximum Gasteiger partial charge on any atom is 0.322 e. The van der Waals surface area contributed by atoms with Crippen LogP contribution in [0.15, 0.2) is 54.6 Å². The molecule has 1 atom stereocenters. The average Bonchev–Trinajstić information content (AvgIpc) is 2.89. The summed E-state index contributed by atoms with van der Waals surface area (Å²) in [6, 6.07) is 15.0. The fraction of sp³-hybridized carbons (Fsp3) is 0.296. The number of hydrogen-bond donors (Lipinski definition) is 1. The maximum absolute atomic E-state index is 14.2. The third-order valence-electron chi connectivity index (χ3n) is 6.26. The van der Waals surface area contributed by atoms with Gasteiger partial charge in [0.15, 0.2) is 23.0 Å². The lowest BCUT2D eigenvalue weighted by atomic mass is 9.88. The van der Waals surface area contributed by atoms with E-state index in [1.54, 1.807) is 51.5 Å². The van der Waals surface area contributed by atoms with Crippen molar-refractivity contribution in [2.24, 2.45) is 0 Å². The zero-order chi connectivity index (χ0) is 24.9. The number of halogens is 1. The van der Waals surface area contributed by atoms with Gasteiger partial charge in [0, 0.05) is 6.54 Å². The van der Waals surface area contributed by atoms with Crippen molar-refractivity contribution in [3.63, 3.8) is 0 Å². The highest BCUT2D eigenvalue weighted by atomic mass is 19.1. The number of carbonyl (C=O) groups excluding carboxylic acids is 1. The van der Waals surface area contributed by atoms with Gasteiger partial charge >= 0.3 is 6.03 Å². The molecule has 0 aliphatic carbocycles. The molecule has 184 valence electrons. The number of carbonyl (C=O) groups is 1. The van der Waals surface area contributed by atoms with Crippen molar-refractivity contribution in [1.82, 2.24) is 4.90 Å². The average molecular weight is 481 g/mol. The molecular formula is C27H29FN2O5. The summed E-state index contributed by atoms with van der Waals surface area (Å²) in [4.78, 5) is 15.1. The van der Waals surface area contributed by atoms with Gasteiger partial charge in [-0.1, -0.05) is 18.2 Å².